The SMILES string of the molecule is CC(C)Sc1ccc(-c2cc(C(=O)O)[nH]n2)cc1. The van der Waals surface area contributed by atoms with Crippen molar-refractivity contribution < 1.29 is 9.90 Å². The van der Waals surface area contributed by atoms with Crippen molar-refractivity contribution in [3.8, 4) is 11.3 Å². The number of nitrogens with zero attached hydrogens (tertiary/aromatic N) is 1. The first-order valence-corrected chi connectivity index (χ1v) is 6.50. The number of carbonyl (C=O) groups is 1. The van der Waals surface area contributed by atoms with Crippen LogP contribution in [0.3, 0.4) is 0 Å². The lowest BCUT2D eigenvalue weighted by Gasteiger charge is -2.04. The minimum absolute atomic E-state index is 0.102. The lowest BCUT2D eigenvalue weighted by Crippen LogP contribution is -1.95. The molecule has 2 rings (SSSR count). The maximum Gasteiger partial charge on any atom is 0.353 e. The molecule has 2 N–H and O–H groups in total. The number of aromatic nitrogens is 2. The van der Waals surface area contributed by atoms with Gasteiger partial charge in [-0.3, -0.25) is 5.10 Å². The molecule has 0 unspecified atom stereocenters. The van der Waals surface area contributed by atoms with Crippen molar-refractivity contribution in [1.29, 1.82) is 0 Å². The first-order valence-electron chi connectivity index (χ1n) is 5.62. The first-order chi connectivity index (χ1) is 8.56. The summed E-state index contributed by atoms with van der Waals surface area (Å²) < 4.78 is 0. The third kappa shape index (κ3) is 2.92. The van der Waals surface area contributed by atoms with Crippen LogP contribution in [0.15, 0.2) is 35.2 Å². The molecule has 0 spiro atoms. The quantitative estimate of drug-likeness (QED) is 0.830. The molecule has 0 saturated carbocycles. The van der Waals surface area contributed by atoms with E-state index in [1.54, 1.807) is 11.8 Å². The second kappa shape index (κ2) is 5.27. The summed E-state index contributed by atoms with van der Waals surface area (Å²) in [5, 5.41) is 15.8. The Hall–Kier alpha value is -1.75. The van der Waals surface area contributed by atoms with Crippen LogP contribution >= 0.6 is 11.8 Å². The summed E-state index contributed by atoms with van der Waals surface area (Å²) in [6.07, 6.45) is 0. The van der Waals surface area contributed by atoms with Crippen LogP contribution in [0.5, 0.6) is 0 Å². The van der Waals surface area contributed by atoms with E-state index in [0.717, 1.165) is 5.56 Å². The van der Waals surface area contributed by atoms with Gasteiger partial charge in [0, 0.05) is 15.7 Å². The van der Waals surface area contributed by atoms with Gasteiger partial charge in [0.15, 0.2) is 0 Å². The molecule has 1 heterocycles. The predicted octanol–water partition coefficient (Wildman–Crippen LogP) is 3.28. The number of benzene rings is 1. The molecule has 5 heteroatoms. The summed E-state index contributed by atoms with van der Waals surface area (Å²) in [7, 11) is 0. The van der Waals surface area contributed by atoms with Crippen LogP contribution in [0.25, 0.3) is 11.3 Å². The number of thioether (sulfide) groups is 1. The van der Waals surface area contributed by atoms with Crippen LogP contribution in [0, 0.1) is 0 Å². The molecule has 0 aliphatic carbocycles. The van der Waals surface area contributed by atoms with Crippen molar-refractivity contribution in [2.75, 3.05) is 0 Å². The highest BCUT2D eigenvalue weighted by Crippen LogP contribution is 2.26. The average molecular weight is 262 g/mol. The number of hydrogen-bond donors (Lipinski definition) is 2. The number of aromatic carboxylic acids is 1. The molecule has 18 heavy (non-hydrogen) atoms. The molecule has 0 fully saturated rings. The van der Waals surface area contributed by atoms with Crippen LogP contribution in [-0.2, 0) is 0 Å². The van der Waals surface area contributed by atoms with Gasteiger partial charge in [0.05, 0.1) is 5.69 Å². The Labute approximate surface area is 109 Å². The molecule has 1 aromatic heterocycles. The van der Waals surface area contributed by atoms with E-state index in [0.29, 0.717) is 10.9 Å². The highest BCUT2D eigenvalue weighted by Gasteiger charge is 2.09. The molecule has 0 aliphatic rings. The summed E-state index contributed by atoms with van der Waals surface area (Å²) in [6, 6.07) is 9.48. The van der Waals surface area contributed by atoms with E-state index in [-0.39, 0.29) is 5.69 Å². The van der Waals surface area contributed by atoms with E-state index in [1.807, 2.05) is 24.3 Å². The molecular weight excluding hydrogens is 248 g/mol. The van der Waals surface area contributed by atoms with Gasteiger partial charge in [-0.25, -0.2) is 4.79 Å². The largest absolute Gasteiger partial charge is 0.477 e. The van der Waals surface area contributed by atoms with E-state index >= 15 is 0 Å². The predicted molar refractivity (Wildman–Crippen MR) is 72.0 cm³/mol. The van der Waals surface area contributed by atoms with Gasteiger partial charge in [-0.2, -0.15) is 5.10 Å². The zero-order valence-electron chi connectivity index (χ0n) is 10.2. The van der Waals surface area contributed by atoms with E-state index in [2.05, 4.69) is 24.0 Å². The molecule has 2 aromatic rings. The summed E-state index contributed by atoms with van der Waals surface area (Å²) in [5.74, 6) is -0.999. The molecule has 0 saturated heterocycles. The fraction of sp³-hybridized carbons (Fsp3) is 0.231. The monoisotopic (exact) mass is 262 g/mol. The number of carboxylic acids is 1. The van der Waals surface area contributed by atoms with Crippen LogP contribution in [-0.4, -0.2) is 26.5 Å². The molecule has 1 aromatic carbocycles. The van der Waals surface area contributed by atoms with Gasteiger partial charge in [-0.05, 0) is 18.2 Å². The Morgan fingerprint density at radius 2 is 2.00 bits per heavy atom. The standard InChI is InChI=1S/C13H14N2O2S/c1-8(2)18-10-5-3-9(4-6-10)11-7-12(13(16)17)15-14-11/h3-8H,1-2H3,(H,14,15)(H,16,17). The first kappa shape index (κ1) is 12.7. The fourth-order valence-corrected chi connectivity index (χ4v) is 2.39. The van der Waals surface area contributed by atoms with Crippen molar-refractivity contribution in [3.63, 3.8) is 0 Å². The molecule has 0 amide bonds. The zero-order chi connectivity index (χ0) is 13.1. The van der Waals surface area contributed by atoms with Gasteiger partial charge < -0.3 is 5.11 Å². The Morgan fingerprint density at radius 1 is 1.33 bits per heavy atom. The van der Waals surface area contributed by atoms with Crippen molar-refractivity contribution in [1.82, 2.24) is 10.2 Å². The number of carboxylic acid groups (broad SMARTS) is 1. The number of rotatable bonds is 4. The number of aromatic amines is 1. The maximum absolute atomic E-state index is 10.7. The molecule has 0 radical (unpaired) electrons. The van der Waals surface area contributed by atoms with Gasteiger partial charge in [0.2, 0.25) is 0 Å². The lowest BCUT2D eigenvalue weighted by molar-refractivity contribution is 0.0690. The molecule has 0 atom stereocenters. The molecular formula is C13H14N2O2S. The van der Waals surface area contributed by atoms with Gasteiger partial charge in [0.25, 0.3) is 0 Å². The van der Waals surface area contributed by atoms with Crippen LogP contribution in [0.1, 0.15) is 24.3 Å². The second-order valence-electron chi connectivity index (χ2n) is 4.16. The zero-order valence-corrected chi connectivity index (χ0v) is 11.0. The lowest BCUT2D eigenvalue weighted by atomic mass is 10.1. The fourth-order valence-electron chi connectivity index (χ4n) is 1.56. The van der Waals surface area contributed by atoms with Crippen LogP contribution in [0.4, 0.5) is 0 Å². The summed E-state index contributed by atoms with van der Waals surface area (Å²) in [6.45, 7) is 4.29. The van der Waals surface area contributed by atoms with Crippen molar-refractivity contribution in [3.05, 3.63) is 36.0 Å². The van der Waals surface area contributed by atoms with Crippen LogP contribution in [0.2, 0.25) is 0 Å². The molecule has 94 valence electrons. The topological polar surface area (TPSA) is 66.0 Å². The van der Waals surface area contributed by atoms with E-state index in [1.165, 1.54) is 11.0 Å². The molecule has 0 bridgehead atoms. The third-order valence-corrected chi connectivity index (χ3v) is 3.35. The Balaban J connectivity index is 2.20. The van der Waals surface area contributed by atoms with E-state index in [9.17, 15) is 4.79 Å². The van der Waals surface area contributed by atoms with Crippen LogP contribution < -0.4 is 0 Å². The van der Waals surface area contributed by atoms with Crippen molar-refractivity contribution in [2.24, 2.45) is 0 Å². The average Bonchev–Trinajstić information content (AvgIpc) is 2.78. The Kier molecular flexibility index (Phi) is 3.72. The summed E-state index contributed by atoms with van der Waals surface area (Å²) >= 11 is 1.79. The van der Waals surface area contributed by atoms with Gasteiger partial charge in [0.1, 0.15) is 5.69 Å². The van der Waals surface area contributed by atoms with Gasteiger partial charge in [-0.1, -0.05) is 26.0 Å². The normalized spacial score (nSPS) is 10.8. The molecule has 0 aliphatic heterocycles. The Morgan fingerprint density at radius 3 is 2.50 bits per heavy atom. The molecule has 4 nitrogen and oxygen atoms in total. The van der Waals surface area contributed by atoms with Crippen molar-refractivity contribution in [2.45, 2.75) is 24.0 Å². The van der Waals surface area contributed by atoms with Gasteiger partial charge >= 0.3 is 5.97 Å². The second-order valence-corrected chi connectivity index (χ2v) is 5.81. The summed E-state index contributed by atoms with van der Waals surface area (Å²) in [5.41, 5.74) is 1.66. The summed E-state index contributed by atoms with van der Waals surface area (Å²) in [4.78, 5) is 11.9. The maximum atomic E-state index is 10.7. The van der Waals surface area contributed by atoms with Gasteiger partial charge in [-0.15, -0.1) is 11.8 Å². The number of hydrogen-bond acceptors (Lipinski definition) is 3. The smallest absolute Gasteiger partial charge is 0.353 e. The number of H-pyrrole nitrogens is 1. The highest BCUT2D eigenvalue weighted by molar-refractivity contribution is 7.99. The van der Waals surface area contributed by atoms with E-state index < -0.39 is 5.97 Å². The third-order valence-electron chi connectivity index (χ3n) is 2.33. The minimum Gasteiger partial charge on any atom is -0.477 e. The van der Waals surface area contributed by atoms with E-state index in [4.69, 9.17) is 5.11 Å². The highest BCUT2D eigenvalue weighted by atomic mass is 32.2. The minimum atomic E-state index is -0.999. The Bertz CT molecular complexity index is 546. The number of nitrogens with one attached hydrogen (secondary N) is 1. The van der Waals surface area contributed by atoms with Crippen molar-refractivity contribution >= 4 is 17.7 Å².